The lowest BCUT2D eigenvalue weighted by molar-refractivity contribution is -0.138. The van der Waals surface area contributed by atoms with E-state index in [0.29, 0.717) is 31.7 Å². The van der Waals surface area contributed by atoms with Gasteiger partial charge in [-0.25, -0.2) is 0 Å². The van der Waals surface area contributed by atoms with Crippen LogP contribution >= 0.6 is 12.4 Å². The molecule has 0 bridgehead atoms. The zero-order valence-electron chi connectivity index (χ0n) is 11.5. The van der Waals surface area contributed by atoms with Gasteiger partial charge in [0.05, 0.1) is 25.8 Å². The summed E-state index contributed by atoms with van der Waals surface area (Å²) in [6.45, 7) is 2.48. The summed E-state index contributed by atoms with van der Waals surface area (Å²) in [5.74, 6) is 0.852. The van der Waals surface area contributed by atoms with E-state index in [-0.39, 0.29) is 18.3 Å². The molecular formula is C15H21ClN2O2. The highest BCUT2D eigenvalue weighted by atomic mass is 35.5. The Bertz CT molecular complexity index is 437. The average Bonchev–Trinajstić information content (AvgIpc) is 3.30. The second-order valence-corrected chi connectivity index (χ2v) is 5.29. The van der Waals surface area contributed by atoms with Crippen LogP contribution in [0.2, 0.25) is 0 Å². The molecule has 0 radical (unpaired) electrons. The number of nitrogens with zero attached hydrogens (tertiary/aromatic N) is 1. The third-order valence-corrected chi connectivity index (χ3v) is 3.87. The molecule has 1 amide bonds. The van der Waals surface area contributed by atoms with Crippen molar-refractivity contribution in [3.63, 3.8) is 0 Å². The Labute approximate surface area is 125 Å². The van der Waals surface area contributed by atoms with Gasteiger partial charge < -0.3 is 15.0 Å². The summed E-state index contributed by atoms with van der Waals surface area (Å²) in [5.41, 5.74) is 0.993. The van der Waals surface area contributed by atoms with Crippen molar-refractivity contribution >= 4 is 24.0 Å². The fourth-order valence-electron chi connectivity index (χ4n) is 2.64. The third kappa shape index (κ3) is 3.64. The number of carbonyl (C=O) groups excluding carboxylic acids is 1. The maximum atomic E-state index is 12.3. The van der Waals surface area contributed by atoms with E-state index < -0.39 is 0 Å². The first-order valence-electron chi connectivity index (χ1n) is 7.01. The van der Waals surface area contributed by atoms with E-state index in [4.69, 9.17) is 4.74 Å². The summed E-state index contributed by atoms with van der Waals surface area (Å²) in [6.07, 6.45) is 2.48. The first-order chi connectivity index (χ1) is 9.34. The molecule has 1 unspecified atom stereocenters. The number of morpholine rings is 1. The number of para-hydroxylation sites is 1. The summed E-state index contributed by atoms with van der Waals surface area (Å²) in [7, 11) is 0. The third-order valence-electron chi connectivity index (χ3n) is 3.87. The van der Waals surface area contributed by atoms with Crippen LogP contribution in [0.15, 0.2) is 30.3 Å². The van der Waals surface area contributed by atoms with Crippen molar-refractivity contribution in [1.82, 2.24) is 4.90 Å². The molecular weight excluding hydrogens is 276 g/mol. The molecule has 5 heteroatoms. The number of nitrogens with one attached hydrogen (secondary N) is 1. The Morgan fingerprint density at radius 3 is 2.75 bits per heavy atom. The quantitative estimate of drug-likeness (QED) is 0.926. The summed E-state index contributed by atoms with van der Waals surface area (Å²) in [5, 5.41) is 3.19. The molecule has 1 saturated carbocycles. The predicted octanol–water partition coefficient (Wildman–Crippen LogP) is 2.16. The molecule has 1 aliphatic carbocycles. The van der Waals surface area contributed by atoms with E-state index in [0.717, 1.165) is 12.2 Å². The molecule has 0 aromatic heterocycles. The Kier molecular flexibility index (Phi) is 5.26. The molecule has 20 heavy (non-hydrogen) atoms. The maximum absolute atomic E-state index is 12.3. The normalized spacial score (nSPS) is 22.0. The molecule has 2 aliphatic rings. The van der Waals surface area contributed by atoms with Gasteiger partial charge >= 0.3 is 0 Å². The van der Waals surface area contributed by atoms with Crippen LogP contribution in [-0.4, -0.2) is 43.2 Å². The predicted molar refractivity (Wildman–Crippen MR) is 81.2 cm³/mol. The highest BCUT2D eigenvalue weighted by Gasteiger charge is 2.38. The molecule has 1 aromatic rings. The van der Waals surface area contributed by atoms with Crippen LogP contribution in [0.25, 0.3) is 0 Å². The van der Waals surface area contributed by atoms with Crippen molar-refractivity contribution in [2.75, 3.05) is 31.6 Å². The van der Waals surface area contributed by atoms with Crippen molar-refractivity contribution in [2.45, 2.75) is 18.9 Å². The Hall–Kier alpha value is -1.26. The van der Waals surface area contributed by atoms with Crippen LogP contribution in [0.1, 0.15) is 12.8 Å². The van der Waals surface area contributed by atoms with Crippen LogP contribution in [0.4, 0.5) is 5.69 Å². The molecule has 1 N–H and O–H groups in total. The Balaban J connectivity index is 0.00000147. The number of halogens is 1. The molecule has 1 atom stereocenters. The molecule has 3 rings (SSSR count). The van der Waals surface area contributed by atoms with Crippen molar-refractivity contribution < 1.29 is 9.53 Å². The fourth-order valence-corrected chi connectivity index (χ4v) is 2.64. The largest absolute Gasteiger partial charge is 0.377 e. The topological polar surface area (TPSA) is 41.6 Å². The molecule has 1 aliphatic heterocycles. The van der Waals surface area contributed by atoms with E-state index in [2.05, 4.69) is 5.32 Å². The van der Waals surface area contributed by atoms with Crippen LogP contribution in [0, 0.1) is 5.92 Å². The van der Waals surface area contributed by atoms with Gasteiger partial charge in [0, 0.05) is 12.2 Å². The lowest BCUT2D eigenvalue weighted by Gasteiger charge is -2.36. The van der Waals surface area contributed by atoms with Gasteiger partial charge in [0.25, 0.3) is 0 Å². The number of carbonyl (C=O) groups is 1. The van der Waals surface area contributed by atoms with Gasteiger partial charge in [-0.3, -0.25) is 4.79 Å². The second-order valence-electron chi connectivity index (χ2n) is 5.29. The number of amides is 1. The zero-order chi connectivity index (χ0) is 13.1. The van der Waals surface area contributed by atoms with Gasteiger partial charge in [-0.1, -0.05) is 18.2 Å². The van der Waals surface area contributed by atoms with Crippen molar-refractivity contribution in [2.24, 2.45) is 5.92 Å². The summed E-state index contributed by atoms with van der Waals surface area (Å²) in [4.78, 5) is 14.3. The lowest BCUT2D eigenvalue weighted by Crippen LogP contribution is -2.51. The second kappa shape index (κ2) is 6.95. The number of hydrogen-bond acceptors (Lipinski definition) is 3. The standard InChI is InChI=1S/C15H20N2O2.ClH/c18-15(10-16-13-4-2-1-3-5-13)17-8-9-19-11-14(17)12-6-7-12;/h1-5,12,14,16H,6-11H2;1H. The number of rotatable bonds is 4. The van der Waals surface area contributed by atoms with E-state index >= 15 is 0 Å². The van der Waals surface area contributed by atoms with E-state index in [1.807, 2.05) is 35.2 Å². The highest BCUT2D eigenvalue weighted by Crippen LogP contribution is 2.36. The SMILES string of the molecule is Cl.O=C(CNc1ccccc1)N1CCOCC1C1CC1. The Morgan fingerprint density at radius 2 is 2.05 bits per heavy atom. The smallest absolute Gasteiger partial charge is 0.242 e. The molecule has 4 nitrogen and oxygen atoms in total. The van der Waals surface area contributed by atoms with Crippen LogP contribution < -0.4 is 5.32 Å². The van der Waals surface area contributed by atoms with Gasteiger partial charge in [0.1, 0.15) is 0 Å². The van der Waals surface area contributed by atoms with Gasteiger partial charge in [0.15, 0.2) is 0 Å². The molecule has 1 saturated heterocycles. The summed E-state index contributed by atoms with van der Waals surface area (Å²) >= 11 is 0. The van der Waals surface area contributed by atoms with E-state index in [1.54, 1.807) is 0 Å². The number of benzene rings is 1. The minimum Gasteiger partial charge on any atom is -0.377 e. The van der Waals surface area contributed by atoms with Gasteiger partial charge in [-0.15, -0.1) is 12.4 Å². The average molecular weight is 297 g/mol. The fraction of sp³-hybridized carbons (Fsp3) is 0.533. The molecule has 0 spiro atoms. The van der Waals surface area contributed by atoms with Crippen LogP contribution in [0.3, 0.4) is 0 Å². The molecule has 1 aromatic carbocycles. The summed E-state index contributed by atoms with van der Waals surface area (Å²) < 4.78 is 5.51. The minimum atomic E-state index is 0. The molecule has 1 heterocycles. The first-order valence-corrected chi connectivity index (χ1v) is 7.01. The monoisotopic (exact) mass is 296 g/mol. The lowest BCUT2D eigenvalue weighted by atomic mass is 10.1. The highest BCUT2D eigenvalue weighted by molar-refractivity contribution is 5.85. The van der Waals surface area contributed by atoms with Crippen molar-refractivity contribution in [3.8, 4) is 0 Å². The maximum Gasteiger partial charge on any atom is 0.242 e. The molecule has 2 fully saturated rings. The van der Waals surface area contributed by atoms with Crippen molar-refractivity contribution in [1.29, 1.82) is 0 Å². The van der Waals surface area contributed by atoms with Gasteiger partial charge in [-0.05, 0) is 30.9 Å². The summed E-state index contributed by atoms with van der Waals surface area (Å²) in [6, 6.07) is 10.2. The first kappa shape index (κ1) is 15.1. The van der Waals surface area contributed by atoms with E-state index in [9.17, 15) is 4.79 Å². The molecule has 110 valence electrons. The van der Waals surface area contributed by atoms with E-state index in [1.165, 1.54) is 12.8 Å². The number of ether oxygens (including phenoxy) is 1. The van der Waals surface area contributed by atoms with Crippen LogP contribution in [-0.2, 0) is 9.53 Å². The van der Waals surface area contributed by atoms with Crippen molar-refractivity contribution in [3.05, 3.63) is 30.3 Å². The van der Waals surface area contributed by atoms with Gasteiger partial charge in [0.2, 0.25) is 5.91 Å². The van der Waals surface area contributed by atoms with Crippen LogP contribution in [0.5, 0.6) is 0 Å². The Morgan fingerprint density at radius 1 is 1.30 bits per heavy atom. The minimum absolute atomic E-state index is 0. The number of anilines is 1. The number of hydrogen-bond donors (Lipinski definition) is 1. The zero-order valence-corrected chi connectivity index (χ0v) is 12.3. The van der Waals surface area contributed by atoms with Gasteiger partial charge in [-0.2, -0.15) is 0 Å².